The first-order valence-corrected chi connectivity index (χ1v) is 8.16. The molecule has 0 bridgehead atoms. The van der Waals surface area contributed by atoms with Crippen molar-refractivity contribution in [2.24, 2.45) is 0 Å². The number of benzene rings is 1. The van der Waals surface area contributed by atoms with Crippen LogP contribution in [0.1, 0.15) is 44.5 Å². The lowest BCUT2D eigenvalue weighted by Gasteiger charge is -2.31. The Morgan fingerprint density at radius 1 is 1.26 bits per heavy atom. The molecule has 0 spiro atoms. The summed E-state index contributed by atoms with van der Waals surface area (Å²) in [5.41, 5.74) is 1.15. The van der Waals surface area contributed by atoms with Crippen LogP contribution in [0.15, 0.2) is 24.3 Å². The summed E-state index contributed by atoms with van der Waals surface area (Å²) in [5, 5.41) is 1.27. The highest BCUT2D eigenvalue weighted by Crippen LogP contribution is 2.29. The Bertz CT molecular complexity index is 507. The predicted octanol–water partition coefficient (Wildman–Crippen LogP) is 4.45. The lowest BCUT2D eigenvalue weighted by molar-refractivity contribution is 0.146. The Balaban J connectivity index is 1.80. The zero-order valence-electron chi connectivity index (χ0n) is 11.8. The minimum absolute atomic E-state index is 0.607. The second-order valence-electron chi connectivity index (χ2n) is 5.78. The van der Waals surface area contributed by atoms with Gasteiger partial charge in [-0.2, -0.15) is 0 Å². The van der Waals surface area contributed by atoms with Crippen LogP contribution in [-0.2, 0) is 6.54 Å². The third-order valence-electron chi connectivity index (χ3n) is 4.11. The van der Waals surface area contributed by atoms with Crippen LogP contribution in [-0.4, -0.2) is 22.0 Å². The van der Waals surface area contributed by atoms with Crippen LogP contribution in [0.2, 0.25) is 0 Å². The van der Waals surface area contributed by atoms with Gasteiger partial charge in [-0.3, -0.25) is 4.90 Å². The lowest BCUT2D eigenvalue weighted by Crippen LogP contribution is -2.38. The fourth-order valence-electron chi connectivity index (χ4n) is 3.11. The maximum atomic E-state index is 4.78. The highest BCUT2D eigenvalue weighted by Gasteiger charge is 2.25. The molecule has 3 heteroatoms. The van der Waals surface area contributed by atoms with Gasteiger partial charge in [-0.05, 0) is 38.8 Å². The van der Waals surface area contributed by atoms with Crippen LogP contribution in [0, 0.1) is 0 Å². The van der Waals surface area contributed by atoms with Crippen molar-refractivity contribution in [3.05, 3.63) is 29.3 Å². The van der Waals surface area contributed by atoms with E-state index in [1.165, 1.54) is 35.4 Å². The molecule has 0 saturated heterocycles. The van der Waals surface area contributed by atoms with Crippen molar-refractivity contribution in [2.75, 3.05) is 0 Å². The molecule has 2 nitrogen and oxygen atoms in total. The molecule has 1 aliphatic carbocycles. The van der Waals surface area contributed by atoms with Gasteiger partial charge >= 0.3 is 0 Å². The summed E-state index contributed by atoms with van der Waals surface area (Å²) in [7, 11) is 0. The Kier molecular flexibility index (Phi) is 3.85. The molecule has 0 N–H and O–H groups in total. The van der Waals surface area contributed by atoms with Gasteiger partial charge in [-0.1, -0.05) is 25.0 Å². The zero-order valence-corrected chi connectivity index (χ0v) is 12.6. The number of hydrogen-bond acceptors (Lipinski definition) is 3. The summed E-state index contributed by atoms with van der Waals surface area (Å²) >= 11 is 1.85. The standard InChI is InChI=1S/C16H22N2S/c1-12(2)18(13-7-3-4-8-13)11-16-17-14-9-5-6-10-15(14)19-16/h5-6,9-10,12-13H,3-4,7-8,11H2,1-2H3. The van der Waals surface area contributed by atoms with Crippen molar-refractivity contribution in [1.29, 1.82) is 0 Å². The number of thiazole rings is 1. The summed E-state index contributed by atoms with van der Waals surface area (Å²) in [6.07, 6.45) is 5.52. The van der Waals surface area contributed by atoms with Crippen LogP contribution in [0.4, 0.5) is 0 Å². The third-order valence-corrected chi connectivity index (χ3v) is 5.13. The second-order valence-corrected chi connectivity index (χ2v) is 6.89. The van der Waals surface area contributed by atoms with Crippen LogP contribution in [0.25, 0.3) is 10.2 Å². The Morgan fingerprint density at radius 2 is 2.00 bits per heavy atom. The molecule has 102 valence electrons. The fourth-order valence-corrected chi connectivity index (χ4v) is 4.09. The van der Waals surface area contributed by atoms with Gasteiger partial charge in [0.05, 0.1) is 16.8 Å². The summed E-state index contributed by atoms with van der Waals surface area (Å²) < 4.78 is 1.31. The Hall–Kier alpha value is -0.930. The fraction of sp³-hybridized carbons (Fsp3) is 0.562. The minimum atomic E-state index is 0.607. The van der Waals surface area contributed by atoms with Gasteiger partial charge in [-0.15, -0.1) is 11.3 Å². The molecule has 1 heterocycles. The van der Waals surface area contributed by atoms with Crippen molar-refractivity contribution >= 4 is 21.6 Å². The van der Waals surface area contributed by atoms with Crippen LogP contribution in [0.5, 0.6) is 0 Å². The van der Waals surface area contributed by atoms with Crippen LogP contribution >= 0.6 is 11.3 Å². The molecule has 1 saturated carbocycles. The van der Waals surface area contributed by atoms with E-state index in [9.17, 15) is 0 Å². The zero-order chi connectivity index (χ0) is 13.2. The van der Waals surface area contributed by atoms with E-state index in [-0.39, 0.29) is 0 Å². The van der Waals surface area contributed by atoms with E-state index in [0.29, 0.717) is 6.04 Å². The highest BCUT2D eigenvalue weighted by molar-refractivity contribution is 7.18. The van der Waals surface area contributed by atoms with Crippen LogP contribution < -0.4 is 0 Å². The smallest absolute Gasteiger partial charge is 0.108 e. The molecular formula is C16H22N2S. The highest BCUT2D eigenvalue weighted by atomic mass is 32.1. The van der Waals surface area contributed by atoms with Crippen molar-refractivity contribution in [3.63, 3.8) is 0 Å². The molecule has 1 aromatic carbocycles. The van der Waals surface area contributed by atoms with Gasteiger partial charge in [0, 0.05) is 12.1 Å². The molecule has 1 aliphatic rings. The average molecular weight is 274 g/mol. The van der Waals surface area contributed by atoms with Crippen molar-refractivity contribution in [3.8, 4) is 0 Å². The van der Waals surface area contributed by atoms with Gasteiger partial charge in [0.1, 0.15) is 5.01 Å². The number of nitrogens with zero attached hydrogens (tertiary/aromatic N) is 2. The van der Waals surface area contributed by atoms with Gasteiger partial charge < -0.3 is 0 Å². The first-order valence-electron chi connectivity index (χ1n) is 7.34. The summed E-state index contributed by atoms with van der Waals surface area (Å²) in [6.45, 7) is 5.64. The number of para-hydroxylation sites is 1. The van der Waals surface area contributed by atoms with E-state index in [0.717, 1.165) is 18.1 Å². The Labute approximate surface area is 119 Å². The molecule has 0 unspecified atom stereocenters. The van der Waals surface area contributed by atoms with E-state index in [1.807, 2.05) is 11.3 Å². The molecule has 3 rings (SSSR count). The maximum absolute atomic E-state index is 4.78. The molecule has 2 aromatic rings. The number of fused-ring (bicyclic) bond motifs is 1. The molecule has 0 radical (unpaired) electrons. The van der Waals surface area contributed by atoms with E-state index < -0.39 is 0 Å². The largest absolute Gasteiger partial charge is 0.291 e. The SMILES string of the molecule is CC(C)N(Cc1nc2ccccc2s1)C1CCCC1. The third kappa shape index (κ3) is 2.82. The van der Waals surface area contributed by atoms with Gasteiger partial charge in [0.25, 0.3) is 0 Å². The van der Waals surface area contributed by atoms with Crippen LogP contribution in [0.3, 0.4) is 0 Å². The number of rotatable bonds is 4. The molecule has 1 fully saturated rings. The Morgan fingerprint density at radius 3 is 2.68 bits per heavy atom. The number of aromatic nitrogens is 1. The van der Waals surface area contributed by atoms with E-state index >= 15 is 0 Å². The van der Waals surface area contributed by atoms with Gasteiger partial charge in [0.2, 0.25) is 0 Å². The topological polar surface area (TPSA) is 16.1 Å². The van der Waals surface area contributed by atoms with Crippen molar-refractivity contribution in [1.82, 2.24) is 9.88 Å². The summed E-state index contributed by atoms with van der Waals surface area (Å²) in [6, 6.07) is 9.84. The van der Waals surface area contributed by atoms with E-state index in [1.54, 1.807) is 0 Å². The van der Waals surface area contributed by atoms with E-state index in [4.69, 9.17) is 4.98 Å². The minimum Gasteiger partial charge on any atom is -0.291 e. The molecule has 0 atom stereocenters. The molecule has 1 aromatic heterocycles. The quantitative estimate of drug-likeness (QED) is 0.819. The first kappa shape index (κ1) is 13.1. The van der Waals surface area contributed by atoms with E-state index in [2.05, 4.69) is 43.0 Å². The van der Waals surface area contributed by atoms with Crippen molar-refractivity contribution in [2.45, 2.75) is 58.2 Å². The maximum Gasteiger partial charge on any atom is 0.108 e. The van der Waals surface area contributed by atoms with Gasteiger partial charge in [-0.25, -0.2) is 4.98 Å². The number of hydrogen-bond donors (Lipinski definition) is 0. The lowest BCUT2D eigenvalue weighted by atomic mass is 10.1. The average Bonchev–Trinajstić information content (AvgIpc) is 3.04. The normalized spacial score (nSPS) is 17.1. The summed E-state index contributed by atoms with van der Waals surface area (Å²) in [4.78, 5) is 7.43. The molecule has 0 aliphatic heterocycles. The molecular weight excluding hydrogens is 252 g/mol. The van der Waals surface area contributed by atoms with Gasteiger partial charge in [0.15, 0.2) is 0 Å². The van der Waals surface area contributed by atoms with Crippen molar-refractivity contribution < 1.29 is 0 Å². The molecule has 0 amide bonds. The molecule has 19 heavy (non-hydrogen) atoms. The summed E-state index contributed by atoms with van der Waals surface area (Å²) in [5.74, 6) is 0. The monoisotopic (exact) mass is 274 g/mol. The second kappa shape index (κ2) is 5.59. The first-order chi connectivity index (χ1) is 9.24. The predicted molar refractivity (Wildman–Crippen MR) is 82.6 cm³/mol.